The molecule has 0 bridgehead atoms. The minimum absolute atomic E-state index is 0. The number of nitrogens with one attached hydrogen (secondary N) is 1. The Hall–Kier alpha value is -1.14. The number of halogens is 1. The van der Waals surface area contributed by atoms with E-state index in [-0.39, 0.29) is 24.4 Å². The number of benzene rings is 1. The van der Waals surface area contributed by atoms with Crippen LogP contribution in [-0.4, -0.2) is 38.3 Å². The molecule has 0 radical (unpaired) electrons. The van der Waals surface area contributed by atoms with Gasteiger partial charge in [0.15, 0.2) is 0 Å². The van der Waals surface area contributed by atoms with Crippen LogP contribution < -0.4 is 11.1 Å². The molecule has 1 aromatic carbocycles. The third-order valence-corrected chi connectivity index (χ3v) is 3.74. The summed E-state index contributed by atoms with van der Waals surface area (Å²) in [5.74, 6) is -0.126. The molecule has 1 heterocycles. The quantitative estimate of drug-likeness (QED) is 0.862. The van der Waals surface area contributed by atoms with Gasteiger partial charge in [-0.1, -0.05) is 30.3 Å². The third kappa shape index (κ3) is 4.68. The van der Waals surface area contributed by atoms with Crippen molar-refractivity contribution in [2.75, 3.05) is 26.9 Å². The maximum Gasteiger partial charge on any atom is 0.240 e. The molecule has 0 spiro atoms. The second-order valence-electron chi connectivity index (χ2n) is 5.11. The van der Waals surface area contributed by atoms with E-state index in [1.54, 1.807) is 7.11 Å². The van der Waals surface area contributed by atoms with Crippen molar-refractivity contribution >= 4 is 18.3 Å². The number of hydrogen-bond donors (Lipinski definition) is 2. The van der Waals surface area contributed by atoms with Crippen LogP contribution in [0, 0.1) is 0 Å². The van der Waals surface area contributed by atoms with Crippen molar-refractivity contribution in [1.82, 2.24) is 5.32 Å². The Morgan fingerprint density at radius 3 is 2.57 bits per heavy atom. The molecule has 1 atom stereocenters. The summed E-state index contributed by atoms with van der Waals surface area (Å²) in [6.45, 7) is 1.49. The molecule has 1 unspecified atom stereocenters. The van der Waals surface area contributed by atoms with E-state index in [9.17, 15) is 4.79 Å². The maximum atomic E-state index is 12.2. The number of methoxy groups -OCH3 is 1. The molecule has 6 heteroatoms. The first kappa shape index (κ1) is 17.9. The SMILES string of the molecule is COC(CNC(=O)C1(N)CCOCC1)c1ccccc1.Cl. The Morgan fingerprint density at radius 1 is 1.38 bits per heavy atom. The Balaban J connectivity index is 0.00000220. The summed E-state index contributed by atoms with van der Waals surface area (Å²) in [5.41, 5.74) is 6.36. The van der Waals surface area contributed by atoms with Gasteiger partial charge < -0.3 is 20.5 Å². The molecule has 1 aliphatic rings. The highest BCUT2D eigenvalue weighted by atomic mass is 35.5. The minimum atomic E-state index is -0.812. The molecule has 118 valence electrons. The number of carbonyl (C=O) groups excluding carboxylic acids is 1. The van der Waals surface area contributed by atoms with Gasteiger partial charge in [0.25, 0.3) is 0 Å². The lowest BCUT2D eigenvalue weighted by molar-refractivity contribution is -0.130. The van der Waals surface area contributed by atoms with Gasteiger partial charge in [0.05, 0.1) is 11.6 Å². The van der Waals surface area contributed by atoms with Gasteiger partial charge in [0, 0.05) is 26.9 Å². The van der Waals surface area contributed by atoms with Gasteiger partial charge in [0.2, 0.25) is 5.91 Å². The van der Waals surface area contributed by atoms with E-state index in [1.807, 2.05) is 30.3 Å². The lowest BCUT2D eigenvalue weighted by atomic mass is 9.90. The molecule has 1 aromatic rings. The molecule has 5 nitrogen and oxygen atoms in total. The second kappa shape index (κ2) is 8.34. The highest BCUT2D eigenvalue weighted by molar-refractivity contribution is 5.86. The zero-order valence-corrected chi connectivity index (χ0v) is 13.0. The van der Waals surface area contributed by atoms with Crippen molar-refractivity contribution < 1.29 is 14.3 Å². The number of hydrogen-bond acceptors (Lipinski definition) is 4. The van der Waals surface area contributed by atoms with Crippen molar-refractivity contribution in [1.29, 1.82) is 0 Å². The second-order valence-corrected chi connectivity index (χ2v) is 5.11. The Labute approximate surface area is 131 Å². The zero-order valence-electron chi connectivity index (χ0n) is 12.2. The van der Waals surface area contributed by atoms with Gasteiger partial charge in [-0.3, -0.25) is 4.79 Å². The van der Waals surface area contributed by atoms with Crippen LogP contribution >= 0.6 is 12.4 Å². The van der Waals surface area contributed by atoms with Crippen LogP contribution in [-0.2, 0) is 14.3 Å². The number of ether oxygens (including phenoxy) is 2. The average Bonchev–Trinajstić information content (AvgIpc) is 2.49. The third-order valence-electron chi connectivity index (χ3n) is 3.74. The molecular formula is C15H23ClN2O3. The van der Waals surface area contributed by atoms with E-state index in [2.05, 4.69) is 5.32 Å². The van der Waals surface area contributed by atoms with Crippen LogP contribution in [0.1, 0.15) is 24.5 Å². The summed E-state index contributed by atoms with van der Waals surface area (Å²) >= 11 is 0. The molecule has 0 aromatic heterocycles. The molecule has 0 saturated carbocycles. The summed E-state index contributed by atoms with van der Waals surface area (Å²) in [6, 6.07) is 9.81. The first-order valence-electron chi connectivity index (χ1n) is 6.88. The normalized spacial score (nSPS) is 18.4. The molecule has 21 heavy (non-hydrogen) atoms. The van der Waals surface area contributed by atoms with Gasteiger partial charge in [-0.25, -0.2) is 0 Å². The zero-order chi connectivity index (χ0) is 14.4. The minimum Gasteiger partial charge on any atom is -0.381 e. The van der Waals surface area contributed by atoms with E-state index < -0.39 is 5.54 Å². The van der Waals surface area contributed by atoms with Crippen LogP contribution in [0.3, 0.4) is 0 Å². The fourth-order valence-corrected chi connectivity index (χ4v) is 2.33. The van der Waals surface area contributed by atoms with Crippen LogP contribution in [0.5, 0.6) is 0 Å². The number of carbonyl (C=O) groups is 1. The molecule has 1 aliphatic heterocycles. The summed E-state index contributed by atoms with van der Waals surface area (Å²) in [5, 5.41) is 2.90. The Bertz CT molecular complexity index is 436. The van der Waals surface area contributed by atoms with E-state index in [0.29, 0.717) is 32.6 Å². The molecule has 0 aliphatic carbocycles. The molecule has 1 saturated heterocycles. The summed E-state index contributed by atoms with van der Waals surface area (Å²) < 4.78 is 10.7. The molecule has 1 fully saturated rings. The number of amides is 1. The predicted molar refractivity (Wildman–Crippen MR) is 83.4 cm³/mol. The van der Waals surface area contributed by atoms with E-state index in [1.165, 1.54) is 0 Å². The predicted octanol–water partition coefficient (Wildman–Crippen LogP) is 1.42. The number of nitrogens with two attached hydrogens (primary N) is 1. The van der Waals surface area contributed by atoms with Crippen LogP contribution in [0.15, 0.2) is 30.3 Å². The molecule has 2 rings (SSSR count). The summed E-state index contributed by atoms with van der Waals surface area (Å²) in [7, 11) is 1.64. The summed E-state index contributed by atoms with van der Waals surface area (Å²) in [4.78, 5) is 12.2. The topological polar surface area (TPSA) is 73.6 Å². The van der Waals surface area contributed by atoms with E-state index in [4.69, 9.17) is 15.2 Å². The fourth-order valence-electron chi connectivity index (χ4n) is 2.33. The molecule has 1 amide bonds. The highest BCUT2D eigenvalue weighted by Gasteiger charge is 2.35. The first-order chi connectivity index (χ1) is 9.65. The van der Waals surface area contributed by atoms with Crippen molar-refractivity contribution in [3.63, 3.8) is 0 Å². The highest BCUT2D eigenvalue weighted by Crippen LogP contribution is 2.19. The van der Waals surface area contributed by atoms with Crippen LogP contribution in [0.2, 0.25) is 0 Å². The van der Waals surface area contributed by atoms with Gasteiger partial charge in [-0.05, 0) is 18.4 Å². The van der Waals surface area contributed by atoms with Gasteiger partial charge in [-0.2, -0.15) is 0 Å². The fraction of sp³-hybridized carbons (Fsp3) is 0.533. The number of rotatable bonds is 5. The van der Waals surface area contributed by atoms with Crippen molar-refractivity contribution in [3.05, 3.63) is 35.9 Å². The van der Waals surface area contributed by atoms with Crippen molar-refractivity contribution in [2.45, 2.75) is 24.5 Å². The van der Waals surface area contributed by atoms with Crippen molar-refractivity contribution in [2.24, 2.45) is 5.73 Å². The van der Waals surface area contributed by atoms with E-state index in [0.717, 1.165) is 5.56 Å². The molecule has 3 N–H and O–H groups in total. The average molecular weight is 315 g/mol. The largest absolute Gasteiger partial charge is 0.381 e. The monoisotopic (exact) mass is 314 g/mol. The first-order valence-corrected chi connectivity index (χ1v) is 6.88. The Kier molecular flexibility index (Phi) is 7.11. The molecular weight excluding hydrogens is 292 g/mol. The Morgan fingerprint density at radius 2 is 2.00 bits per heavy atom. The standard InChI is InChI=1S/C15H22N2O3.ClH/c1-19-13(12-5-3-2-4-6-12)11-17-14(18)15(16)7-9-20-10-8-15;/h2-6,13H,7-11,16H2,1H3,(H,17,18);1H. The lowest BCUT2D eigenvalue weighted by Gasteiger charge is -2.32. The van der Waals surface area contributed by atoms with Gasteiger partial charge >= 0.3 is 0 Å². The van der Waals surface area contributed by atoms with Crippen LogP contribution in [0.25, 0.3) is 0 Å². The van der Waals surface area contributed by atoms with E-state index >= 15 is 0 Å². The summed E-state index contributed by atoms with van der Waals surface area (Å²) in [6.07, 6.45) is 0.951. The van der Waals surface area contributed by atoms with Gasteiger partial charge in [0.1, 0.15) is 0 Å². The smallest absolute Gasteiger partial charge is 0.240 e. The van der Waals surface area contributed by atoms with Crippen molar-refractivity contribution in [3.8, 4) is 0 Å². The maximum absolute atomic E-state index is 12.2. The van der Waals surface area contributed by atoms with Gasteiger partial charge in [-0.15, -0.1) is 12.4 Å². The van der Waals surface area contributed by atoms with Crippen LogP contribution in [0.4, 0.5) is 0 Å². The lowest BCUT2D eigenvalue weighted by Crippen LogP contribution is -2.57.